The highest BCUT2D eigenvalue weighted by atomic mass is 16.5. The molecule has 2 aromatic carbocycles. The molecule has 2 aromatic rings. The first kappa shape index (κ1) is 12.3. The summed E-state index contributed by atoms with van der Waals surface area (Å²) < 4.78 is 5.72. The van der Waals surface area contributed by atoms with Gasteiger partial charge in [-0.15, -0.1) is 0 Å². The number of rotatable bonds is 4. The van der Waals surface area contributed by atoms with E-state index in [0.29, 0.717) is 17.1 Å². The van der Waals surface area contributed by atoms with Crippen molar-refractivity contribution in [2.45, 2.75) is 19.8 Å². The van der Waals surface area contributed by atoms with Crippen molar-refractivity contribution in [1.29, 1.82) is 0 Å². The minimum atomic E-state index is 0.482. The second-order valence-electron chi connectivity index (χ2n) is 4.26. The molecule has 0 heterocycles. The lowest BCUT2D eigenvalue weighted by molar-refractivity contribution is 0.485. The lowest BCUT2D eigenvalue weighted by Crippen LogP contribution is -1.97. The van der Waals surface area contributed by atoms with Crippen LogP contribution in [0.1, 0.15) is 18.9 Å². The van der Waals surface area contributed by atoms with Crippen LogP contribution in [0.5, 0.6) is 11.5 Å². The molecule has 4 N–H and O–H groups in total. The topological polar surface area (TPSA) is 61.3 Å². The van der Waals surface area contributed by atoms with Crippen LogP contribution in [0.3, 0.4) is 0 Å². The Morgan fingerprint density at radius 2 is 1.72 bits per heavy atom. The second-order valence-corrected chi connectivity index (χ2v) is 4.26. The molecule has 0 unspecified atom stereocenters. The van der Waals surface area contributed by atoms with Crippen molar-refractivity contribution in [3.63, 3.8) is 0 Å². The Bertz CT molecular complexity index is 521. The summed E-state index contributed by atoms with van der Waals surface area (Å²) in [5.41, 5.74) is 13.9. The molecule has 0 atom stereocenters. The number of anilines is 2. The number of ether oxygens (including phenoxy) is 1. The van der Waals surface area contributed by atoms with Crippen molar-refractivity contribution < 1.29 is 4.74 Å². The van der Waals surface area contributed by atoms with Gasteiger partial charge in [0.2, 0.25) is 0 Å². The van der Waals surface area contributed by atoms with Crippen LogP contribution in [0, 0.1) is 0 Å². The number of nitrogens with two attached hydrogens (primary N) is 2. The molecule has 3 nitrogen and oxygen atoms in total. The van der Waals surface area contributed by atoms with Crippen LogP contribution in [0.4, 0.5) is 11.4 Å². The van der Waals surface area contributed by atoms with Gasteiger partial charge in [-0.25, -0.2) is 0 Å². The molecular formula is C15H18N2O. The average molecular weight is 242 g/mol. The highest BCUT2D eigenvalue weighted by molar-refractivity contribution is 5.71. The van der Waals surface area contributed by atoms with Crippen molar-refractivity contribution in [2.75, 3.05) is 11.5 Å². The zero-order valence-electron chi connectivity index (χ0n) is 10.5. The minimum Gasteiger partial charge on any atom is -0.455 e. The number of para-hydroxylation sites is 1. The molecule has 0 fully saturated rings. The van der Waals surface area contributed by atoms with Gasteiger partial charge in [-0.2, -0.15) is 0 Å². The maximum absolute atomic E-state index is 5.86. The molecule has 94 valence electrons. The van der Waals surface area contributed by atoms with Crippen molar-refractivity contribution in [3.05, 3.63) is 48.0 Å². The first-order valence-corrected chi connectivity index (χ1v) is 6.11. The third-order valence-electron chi connectivity index (χ3n) is 2.79. The van der Waals surface area contributed by atoms with E-state index in [9.17, 15) is 0 Å². The van der Waals surface area contributed by atoms with Crippen molar-refractivity contribution in [3.8, 4) is 11.5 Å². The van der Waals surface area contributed by atoms with Crippen LogP contribution in [0.25, 0.3) is 0 Å². The van der Waals surface area contributed by atoms with Gasteiger partial charge >= 0.3 is 0 Å². The van der Waals surface area contributed by atoms with Crippen molar-refractivity contribution in [1.82, 2.24) is 0 Å². The Morgan fingerprint density at radius 1 is 1.00 bits per heavy atom. The summed E-state index contributed by atoms with van der Waals surface area (Å²) in [7, 11) is 0. The smallest absolute Gasteiger partial charge is 0.152 e. The van der Waals surface area contributed by atoms with Gasteiger partial charge in [0.15, 0.2) is 5.75 Å². The zero-order valence-corrected chi connectivity index (χ0v) is 10.5. The fourth-order valence-electron chi connectivity index (χ4n) is 1.79. The molecule has 0 saturated carbocycles. The molecule has 2 rings (SSSR count). The second kappa shape index (κ2) is 5.45. The predicted molar refractivity (Wildman–Crippen MR) is 75.8 cm³/mol. The maximum Gasteiger partial charge on any atom is 0.152 e. The van der Waals surface area contributed by atoms with Gasteiger partial charge in [-0.05, 0) is 36.2 Å². The van der Waals surface area contributed by atoms with Gasteiger partial charge in [0.25, 0.3) is 0 Å². The molecule has 0 amide bonds. The summed E-state index contributed by atoms with van der Waals surface area (Å²) in [5.74, 6) is 1.37. The van der Waals surface area contributed by atoms with Gasteiger partial charge in [0.05, 0.1) is 11.4 Å². The fourth-order valence-corrected chi connectivity index (χ4v) is 1.79. The number of hydrogen-bond acceptors (Lipinski definition) is 3. The minimum absolute atomic E-state index is 0.482. The van der Waals surface area contributed by atoms with E-state index in [2.05, 4.69) is 19.1 Å². The van der Waals surface area contributed by atoms with E-state index in [-0.39, 0.29) is 0 Å². The lowest BCUT2D eigenvalue weighted by Gasteiger charge is -2.10. The summed E-state index contributed by atoms with van der Waals surface area (Å²) in [4.78, 5) is 0. The van der Waals surface area contributed by atoms with Gasteiger partial charge in [0, 0.05) is 0 Å². The summed E-state index contributed by atoms with van der Waals surface area (Å²) in [5, 5.41) is 0. The Balaban J connectivity index is 2.16. The largest absolute Gasteiger partial charge is 0.455 e. The molecule has 3 heteroatoms. The fraction of sp³-hybridized carbons (Fsp3) is 0.200. The molecule has 0 aliphatic carbocycles. The quantitative estimate of drug-likeness (QED) is 0.805. The third kappa shape index (κ3) is 2.74. The Morgan fingerprint density at radius 3 is 2.39 bits per heavy atom. The molecule has 0 bridgehead atoms. The van der Waals surface area contributed by atoms with Crippen LogP contribution in [0.15, 0.2) is 42.5 Å². The van der Waals surface area contributed by atoms with Crippen LogP contribution in [-0.4, -0.2) is 0 Å². The van der Waals surface area contributed by atoms with E-state index in [1.807, 2.05) is 24.3 Å². The highest BCUT2D eigenvalue weighted by Crippen LogP contribution is 2.31. The lowest BCUT2D eigenvalue weighted by atomic mass is 10.1. The first-order chi connectivity index (χ1) is 8.70. The van der Waals surface area contributed by atoms with Gasteiger partial charge < -0.3 is 16.2 Å². The Kier molecular flexibility index (Phi) is 3.72. The zero-order chi connectivity index (χ0) is 13.0. The molecule has 0 aliphatic heterocycles. The van der Waals surface area contributed by atoms with Gasteiger partial charge in [-0.1, -0.05) is 31.5 Å². The normalized spacial score (nSPS) is 10.3. The predicted octanol–water partition coefficient (Wildman–Crippen LogP) is 3.60. The maximum atomic E-state index is 5.86. The van der Waals surface area contributed by atoms with Gasteiger partial charge in [-0.3, -0.25) is 0 Å². The standard InChI is InChI=1S/C15H18N2O/c1-2-4-11-7-9-12(10-8-11)18-14-6-3-5-13(16)15(14)17/h3,5-10H,2,4,16-17H2,1H3. The number of aryl methyl sites for hydroxylation is 1. The summed E-state index contributed by atoms with van der Waals surface area (Å²) in [6.07, 6.45) is 2.23. The van der Waals surface area contributed by atoms with E-state index in [0.717, 1.165) is 18.6 Å². The summed E-state index contributed by atoms with van der Waals surface area (Å²) >= 11 is 0. The van der Waals surface area contributed by atoms with E-state index >= 15 is 0 Å². The van der Waals surface area contributed by atoms with Crippen molar-refractivity contribution >= 4 is 11.4 Å². The molecule has 0 radical (unpaired) electrons. The van der Waals surface area contributed by atoms with Crippen molar-refractivity contribution in [2.24, 2.45) is 0 Å². The third-order valence-corrected chi connectivity index (χ3v) is 2.79. The number of benzene rings is 2. The first-order valence-electron chi connectivity index (χ1n) is 6.11. The molecule has 0 aliphatic rings. The summed E-state index contributed by atoms with van der Waals surface area (Å²) in [6.45, 7) is 2.16. The van der Waals surface area contributed by atoms with E-state index in [1.165, 1.54) is 5.56 Å². The monoisotopic (exact) mass is 242 g/mol. The number of hydrogen-bond donors (Lipinski definition) is 2. The van der Waals surface area contributed by atoms with E-state index in [4.69, 9.17) is 16.2 Å². The van der Waals surface area contributed by atoms with Crippen LogP contribution in [0.2, 0.25) is 0 Å². The van der Waals surface area contributed by atoms with Crippen LogP contribution in [-0.2, 0) is 6.42 Å². The number of nitrogen functional groups attached to an aromatic ring is 2. The van der Waals surface area contributed by atoms with Crippen LogP contribution < -0.4 is 16.2 Å². The Labute approximate surface area is 107 Å². The molecular weight excluding hydrogens is 224 g/mol. The molecule has 0 saturated heterocycles. The van der Waals surface area contributed by atoms with E-state index < -0.39 is 0 Å². The summed E-state index contributed by atoms with van der Waals surface area (Å²) in [6, 6.07) is 13.4. The van der Waals surface area contributed by atoms with E-state index in [1.54, 1.807) is 6.07 Å². The van der Waals surface area contributed by atoms with Gasteiger partial charge in [0.1, 0.15) is 5.75 Å². The molecule has 18 heavy (non-hydrogen) atoms. The van der Waals surface area contributed by atoms with Crippen LogP contribution >= 0.6 is 0 Å². The average Bonchev–Trinajstić information content (AvgIpc) is 2.38. The SMILES string of the molecule is CCCc1ccc(Oc2cccc(N)c2N)cc1. The molecule has 0 aromatic heterocycles. The molecule has 0 spiro atoms. The Hall–Kier alpha value is -2.16. The highest BCUT2D eigenvalue weighted by Gasteiger charge is 2.04.